The van der Waals surface area contributed by atoms with E-state index in [0.29, 0.717) is 5.69 Å². The van der Waals surface area contributed by atoms with Crippen molar-refractivity contribution in [1.29, 1.82) is 0 Å². The van der Waals surface area contributed by atoms with Crippen LogP contribution in [-0.2, 0) is 10.2 Å². The highest BCUT2D eigenvalue weighted by molar-refractivity contribution is 7.14. The van der Waals surface area contributed by atoms with Crippen LogP contribution in [0.4, 0.5) is 22.2 Å². The lowest BCUT2D eigenvalue weighted by Gasteiger charge is -2.16. The standard InChI is InChI=1S/C22H19N5O6S/c1-11-17(26(30)31)8-13(9-18(11)27(32)33)19(28)24-21-23-15(10-34-21)12-5-6-16-14(7-12)22(2,3)20(29)25(16)4/h5-10H,1-4H3,(H,23,24,28). The third kappa shape index (κ3) is 3.67. The van der Waals surface area contributed by atoms with Crippen LogP contribution < -0.4 is 10.2 Å². The van der Waals surface area contributed by atoms with Crippen LogP contribution in [0.1, 0.15) is 35.3 Å². The van der Waals surface area contributed by atoms with Gasteiger partial charge in [0.25, 0.3) is 17.3 Å². The lowest BCUT2D eigenvalue weighted by atomic mass is 9.85. The minimum absolute atomic E-state index is 0.00725. The highest BCUT2D eigenvalue weighted by Crippen LogP contribution is 2.42. The molecule has 1 N–H and O–H groups in total. The number of thiazole rings is 1. The number of likely N-dealkylation sites (N-methyl/N-ethyl adjacent to an activating group) is 1. The van der Waals surface area contributed by atoms with Crippen molar-refractivity contribution in [1.82, 2.24) is 4.98 Å². The summed E-state index contributed by atoms with van der Waals surface area (Å²) in [6.07, 6.45) is 0. The Morgan fingerprint density at radius 3 is 2.32 bits per heavy atom. The molecule has 2 heterocycles. The Morgan fingerprint density at radius 2 is 1.74 bits per heavy atom. The number of rotatable bonds is 5. The van der Waals surface area contributed by atoms with Crippen molar-refractivity contribution in [3.8, 4) is 11.3 Å². The van der Waals surface area contributed by atoms with Gasteiger partial charge in [-0.2, -0.15) is 0 Å². The van der Waals surface area contributed by atoms with Gasteiger partial charge in [0.05, 0.1) is 26.5 Å². The van der Waals surface area contributed by atoms with Gasteiger partial charge in [-0.05, 0) is 38.5 Å². The van der Waals surface area contributed by atoms with Crippen molar-refractivity contribution >= 4 is 45.3 Å². The molecule has 12 heteroatoms. The first-order valence-corrected chi connectivity index (χ1v) is 10.9. The number of carbonyl (C=O) groups excluding carboxylic acids is 2. The topological polar surface area (TPSA) is 149 Å². The first-order valence-electron chi connectivity index (χ1n) is 10.0. The van der Waals surface area contributed by atoms with Crippen molar-refractivity contribution in [2.45, 2.75) is 26.2 Å². The summed E-state index contributed by atoms with van der Waals surface area (Å²) in [5.74, 6) is -0.762. The molecule has 0 bridgehead atoms. The predicted octanol–water partition coefficient (Wildman–Crippen LogP) is 4.44. The average molecular weight is 481 g/mol. The fourth-order valence-corrected chi connectivity index (χ4v) is 4.67. The second-order valence-corrected chi connectivity index (χ2v) is 9.22. The van der Waals surface area contributed by atoms with E-state index in [-0.39, 0.29) is 22.2 Å². The van der Waals surface area contributed by atoms with Crippen LogP contribution in [0.3, 0.4) is 0 Å². The molecular weight excluding hydrogens is 462 g/mol. The number of carbonyl (C=O) groups is 2. The molecule has 0 atom stereocenters. The molecule has 4 rings (SSSR count). The summed E-state index contributed by atoms with van der Waals surface area (Å²) < 4.78 is 0. The molecule has 0 saturated heterocycles. The number of hydrogen-bond acceptors (Lipinski definition) is 8. The van der Waals surface area contributed by atoms with Crippen LogP contribution in [0.5, 0.6) is 0 Å². The fourth-order valence-electron chi connectivity index (χ4n) is 3.96. The molecule has 1 aromatic heterocycles. The lowest BCUT2D eigenvalue weighted by molar-refractivity contribution is -0.395. The highest BCUT2D eigenvalue weighted by atomic mass is 32.1. The van der Waals surface area contributed by atoms with E-state index in [4.69, 9.17) is 0 Å². The zero-order chi connectivity index (χ0) is 24.9. The minimum Gasteiger partial charge on any atom is -0.314 e. The summed E-state index contributed by atoms with van der Waals surface area (Å²) in [6.45, 7) is 4.97. The SMILES string of the molecule is Cc1c([N+](=O)[O-])cc(C(=O)Nc2nc(-c3ccc4c(c3)C(C)(C)C(=O)N4C)cs2)cc1[N+](=O)[O-]. The summed E-state index contributed by atoms with van der Waals surface area (Å²) >= 11 is 1.14. The van der Waals surface area contributed by atoms with Gasteiger partial charge in [-0.25, -0.2) is 4.98 Å². The Bertz CT molecular complexity index is 1360. The second-order valence-electron chi connectivity index (χ2n) is 8.37. The normalized spacial score (nSPS) is 14.1. The minimum atomic E-state index is -0.766. The summed E-state index contributed by atoms with van der Waals surface area (Å²) in [5.41, 5.74) is 0.963. The Kier molecular flexibility index (Phi) is 5.40. The molecule has 0 spiro atoms. The van der Waals surface area contributed by atoms with Crippen LogP contribution in [0, 0.1) is 27.2 Å². The molecule has 34 heavy (non-hydrogen) atoms. The number of aromatic nitrogens is 1. The number of nitro benzene ring substituents is 2. The second kappa shape index (κ2) is 7.99. The number of nitrogens with one attached hydrogen (secondary N) is 1. The van der Waals surface area contributed by atoms with E-state index >= 15 is 0 Å². The quantitative estimate of drug-likeness (QED) is 0.418. The Morgan fingerprint density at radius 1 is 1.12 bits per heavy atom. The van der Waals surface area contributed by atoms with Crippen LogP contribution in [0.25, 0.3) is 11.3 Å². The molecule has 174 valence electrons. The maximum atomic E-state index is 12.7. The molecule has 3 aromatic rings. The number of benzene rings is 2. The van der Waals surface area contributed by atoms with Crippen molar-refractivity contribution in [2.75, 3.05) is 17.3 Å². The molecule has 0 aliphatic carbocycles. The first kappa shape index (κ1) is 23.0. The molecule has 0 radical (unpaired) electrons. The van der Waals surface area contributed by atoms with E-state index in [0.717, 1.165) is 40.3 Å². The molecular formula is C22H19N5O6S. The molecule has 11 nitrogen and oxygen atoms in total. The molecule has 2 aromatic carbocycles. The van der Waals surface area contributed by atoms with Gasteiger partial charge in [0.1, 0.15) is 5.56 Å². The monoisotopic (exact) mass is 481 g/mol. The van der Waals surface area contributed by atoms with Gasteiger partial charge < -0.3 is 4.90 Å². The molecule has 0 unspecified atom stereocenters. The maximum absolute atomic E-state index is 12.7. The molecule has 0 fully saturated rings. The van der Waals surface area contributed by atoms with Gasteiger partial charge in [-0.1, -0.05) is 6.07 Å². The van der Waals surface area contributed by atoms with E-state index in [9.17, 15) is 29.8 Å². The Hall–Kier alpha value is -4.19. The molecule has 1 aliphatic rings. The third-order valence-corrected chi connectivity index (χ3v) is 6.66. The largest absolute Gasteiger partial charge is 0.314 e. The number of hydrogen-bond donors (Lipinski definition) is 1. The average Bonchev–Trinajstić information content (AvgIpc) is 3.31. The number of amides is 2. The van der Waals surface area contributed by atoms with E-state index in [1.54, 1.807) is 17.3 Å². The van der Waals surface area contributed by atoms with Crippen LogP contribution in [-0.4, -0.2) is 33.7 Å². The van der Waals surface area contributed by atoms with Crippen molar-refractivity contribution < 1.29 is 19.4 Å². The Balaban J connectivity index is 1.62. The lowest BCUT2D eigenvalue weighted by Crippen LogP contribution is -2.33. The van der Waals surface area contributed by atoms with Gasteiger partial charge in [-0.3, -0.25) is 35.1 Å². The molecule has 2 amide bonds. The predicted molar refractivity (Wildman–Crippen MR) is 126 cm³/mol. The van der Waals surface area contributed by atoms with Gasteiger partial charge >= 0.3 is 0 Å². The highest BCUT2D eigenvalue weighted by Gasteiger charge is 2.42. The van der Waals surface area contributed by atoms with Crippen molar-refractivity contribution in [3.63, 3.8) is 0 Å². The fraction of sp³-hybridized carbons (Fsp3) is 0.227. The number of nitrogens with zero attached hydrogens (tertiary/aromatic N) is 4. The van der Waals surface area contributed by atoms with Crippen LogP contribution in [0.2, 0.25) is 0 Å². The maximum Gasteiger partial charge on any atom is 0.279 e. The van der Waals surface area contributed by atoms with Gasteiger partial charge in [0, 0.05) is 35.8 Å². The van der Waals surface area contributed by atoms with Gasteiger partial charge in [0.2, 0.25) is 5.91 Å². The van der Waals surface area contributed by atoms with E-state index < -0.39 is 32.5 Å². The zero-order valence-electron chi connectivity index (χ0n) is 18.6. The first-order chi connectivity index (χ1) is 15.9. The van der Waals surface area contributed by atoms with Crippen LogP contribution >= 0.6 is 11.3 Å². The summed E-state index contributed by atoms with van der Waals surface area (Å²) in [4.78, 5) is 52.3. The molecule has 1 aliphatic heterocycles. The zero-order valence-corrected chi connectivity index (χ0v) is 19.4. The summed E-state index contributed by atoms with van der Waals surface area (Å²) in [5, 5.41) is 27.0. The van der Waals surface area contributed by atoms with E-state index in [1.807, 2.05) is 32.0 Å². The Labute approximate surface area is 197 Å². The van der Waals surface area contributed by atoms with Gasteiger partial charge in [0.15, 0.2) is 5.13 Å². The van der Waals surface area contributed by atoms with Gasteiger partial charge in [-0.15, -0.1) is 11.3 Å². The summed E-state index contributed by atoms with van der Waals surface area (Å²) in [7, 11) is 1.73. The van der Waals surface area contributed by atoms with Crippen LogP contribution in [0.15, 0.2) is 35.7 Å². The smallest absolute Gasteiger partial charge is 0.279 e. The van der Waals surface area contributed by atoms with E-state index in [2.05, 4.69) is 10.3 Å². The number of anilines is 2. The summed E-state index contributed by atoms with van der Waals surface area (Å²) in [6, 6.07) is 7.57. The number of fused-ring (bicyclic) bond motifs is 1. The molecule has 0 saturated carbocycles. The van der Waals surface area contributed by atoms with Crippen molar-refractivity contribution in [2.24, 2.45) is 0 Å². The number of nitro groups is 2. The third-order valence-electron chi connectivity index (χ3n) is 5.90. The van der Waals surface area contributed by atoms with Crippen molar-refractivity contribution in [3.05, 3.63) is 72.6 Å². The van der Waals surface area contributed by atoms with E-state index in [1.165, 1.54) is 6.92 Å².